The van der Waals surface area contributed by atoms with Crippen LogP contribution in [0.15, 0.2) is 71.3 Å². The summed E-state index contributed by atoms with van der Waals surface area (Å²) in [5.74, 6) is 0.708. The number of nitriles is 1. The molecule has 25 heavy (non-hydrogen) atoms. The molecule has 0 radical (unpaired) electrons. The van der Waals surface area contributed by atoms with Crippen molar-refractivity contribution in [2.45, 2.75) is 10.8 Å². The van der Waals surface area contributed by atoms with Crippen molar-refractivity contribution in [3.63, 3.8) is 0 Å². The van der Waals surface area contributed by atoms with Gasteiger partial charge in [-0.3, -0.25) is 0 Å². The van der Waals surface area contributed by atoms with Crippen molar-refractivity contribution >= 4 is 33.3 Å². The highest BCUT2D eigenvalue weighted by molar-refractivity contribution is 7.98. The number of hydrogen-bond acceptors (Lipinski definition) is 5. The lowest BCUT2D eigenvalue weighted by molar-refractivity contribution is 1.11. The van der Waals surface area contributed by atoms with Gasteiger partial charge in [-0.1, -0.05) is 48.5 Å². The fourth-order valence-electron chi connectivity index (χ4n) is 2.69. The molecule has 0 aliphatic rings. The molecule has 0 aliphatic carbocycles. The monoisotopic (exact) mass is 359 g/mol. The summed E-state index contributed by atoms with van der Waals surface area (Å²) in [5, 5.41) is 13.5. The Morgan fingerprint density at radius 3 is 2.64 bits per heavy atom. The van der Waals surface area contributed by atoms with Crippen LogP contribution in [0.1, 0.15) is 11.1 Å². The minimum absolute atomic E-state index is 0.708. The second kappa shape index (κ2) is 7.06. The van der Waals surface area contributed by atoms with Crippen LogP contribution < -0.4 is 0 Å². The molecule has 0 saturated carbocycles. The van der Waals surface area contributed by atoms with E-state index in [1.165, 1.54) is 5.56 Å². The summed E-state index contributed by atoms with van der Waals surface area (Å²) < 4.78 is 0. The zero-order valence-electron chi connectivity index (χ0n) is 13.2. The van der Waals surface area contributed by atoms with Gasteiger partial charge in [0.25, 0.3) is 0 Å². The number of thiophene rings is 1. The second-order valence-electron chi connectivity index (χ2n) is 5.43. The molecule has 5 heteroatoms. The van der Waals surface area contributed by atoms with Crippen LogP contribution in [-0.4, -0.2) is 9.97 Å². The molecular weight excluding hydrogens is 346 g/mol. The number of benzene rings is 2. The molecule has 0 aliphatic heterocycles. The van der Waals surface area contributed by atoms with Crippen molar-refractivity contribution in [3.8, 4) is 17.2 Å². The molecule has 0 spiro atoms. The Balaban J connectivity index is 1.73. The summed E-state index contributed by atoms with van der Waals surface area (Å²) in [5.41, 5.74) is 4.08. The maximum Gasteiger partial charge on any atom is 0.128 e. The summed E-state index contributed by atoms with van der Waals surface area (Å²) >= 11 is 3.29. The second-order valence-corrected chi connectivity index (χ2v) is 7.25. The maximum absolute atomic E-state index is 9.26. The molecule has 2 aromatic carbocycles. The van der Waals surface area contributed by atoms with Crippen molar-refractivity contribution in [2.24, 2.45) is 0 Å². The number of thioether (sulfide) groups is 1. The molecule has 0 N–H and O–H groups in total. The first-order valence-corrected chi connectivity index (χ1v) is 9.62. The van der Waals surface area contributed by atoms with Crippen LogP contribution in [0.4, 0.5) is 0 Å². The zero-order valence-corrected chi connectivity index (χ0v) is 14.8. The number of nitrogens with zero attached hydrogens (tertiary/aromatic N) is 3. The first kappa shape index (κ1) is 15.8. The molecule has 4 aromatic rings. The normalized spacial score (nSPS) is 10.7. The molecule has 0 saturated heterocycles. The highest BCUT2D eigenvalue weighted by Gasteiger charge is 2.14. The van der Waals surface area contributed by atoms with Crippen LogP contribution in [0.5, 0.6) is 0 Å². The van der Waals surface area contributed by atoms with Crippen LogP contribution in [0.3, 0.4) is 0 Å². The van der Waals surface area contributed by atoms with Crippen LogP contribution in [0, 0.1) is 11.3 Å². The molecule has 2 aromatic heterocycles. The first-order chi connectivity index (χ1) is 12.4. The molecule has 0 atom stereocenters. The first-order valence-electron chi connectivity index (χ1n) is 7.75. The highest BCUT2D eigenvalue weighted by atomic mass is 32.2. The smallest absolute Gasteiger partial charge is 0.128 e. The van der Waals surface area contributed by atoms with Crippen molar-refractivity contribution in [2.75, 3.05) is 0 Å². The van der Waals surface area contributed by atoms with E-state index in [2.05, 4.69) is 33.5 Å². The van der Waals surface area contributed by atoms with Gasteiger partial charge in [-0.2, -0.15) is 5.26 Å². The van der Waals surface area contributed by atoms with Gasteiger partial charge in [0, 0.05) is 16.7 Å². The number of rotatable bonds is 4. The third kappa shape index (κ3) is 3.14. The van der Waals surface area contributed by atoms with Gasteiger partial charge < -0.3 is 0 Å². The molecule has 120 valence electrons. The Morgan fingerprint density at radius 2 is 1.80 bits per heavy atom. The maximum atomic E-state index is 9.26. The molecule has 3 nitrogen and oxygen atoms in total. The molecule has 0 unspecified atom stereocenters. The van der Waals surface area contributed by atoms with Crippen molar-refractivity contribution in [3.05, 3.63) is 77.4 Å². The van der Waals surface area contributed by atoms with Crippen LogP contribution >= 0.6 is 23.1 Å². The average Bonchev–Trinajstić information content (AvgIpc) is 3.12. The van der Waals surface area contributed by atoms with E-state index in [1.807, 2.05) is 42.5 Å². The number of fused-ring (bicyclic) bond motifs is 1. The lowest BCUT2D eigenvalue weighted by Gasteiger charge is -2.06. The summed E-state index contributed by atoms with van der Waals surface area (Å²) in [7, 11) is 0. The summed E-state index contributed by atoms with van der Waals surface area (Å²) in [6.45, 7) is 0. The highest BCUT2D eigenvalue weighted by Crippen LogP contribution is 2.38. The zero-order chi connectivity index (χ0) is 17.1. The quantitative estimate of drug-likeness (QED) is 0.355. The molecule has 4 rings (SSSR count). The van der Waals surface area contributed by atoms with Gasteiger partial charge in [-0.15, -0.1) is 23.1 Å². The number of aromatic nitrogens is 2. The van der Waals surface area contributed by atoms with Crippen molar-refractivity contribution in [1.82, 2.24) is 9.97 Å². The summed E-state index contributed by atoms with van der Waals surface area (Å²) in [4.78, 5) is 9.92. The van der Waals surface area contributed by atoms with Gasteiger partial charge >= 0.3 is 0 Å². The van der Waals surface area contributed by atoms with E-state index in [9.17, 15) is 5.26 Å². The van der Waals surface area contributed by atoms with E-state index in [0.29, 0.717) is 11.3 Å². The van der Waals surface area contributed by atoms with E-state index in [1.54, 1.807) is 29.4 Å². The minimum atomic E-state index is 0.708. The Labute approximate surface area is 154 Å². The standard InChI is InChI=1S/C20H13N3S2/c21-10-15-8-4-5-9-16(15)11-24-19-18-17(14-6-2-1-3-7-14)12-25-20(18)23-13-22-19/h1-9,12-13H,11H2. The van der Waals surface area contributed by atoms with Gasteiger partial charge in [-0.05, 0) is 17.2 Å². The molecular formula is C20H13N3S2. The predicted molar refractivity (Wildman–Crippen MR) is 104 cm³/mol. The third-order valence-electron chi connectivity index (χ3n) is 3.92. The Morgan fingerprint density at radius 1 is 1.00 bits per heavy atom. The molecule has 0 bridgehead atoms. The van der Waals surface area contributed by atoms with Crippen LogP contribution in [0.2, 0.25) is 0 Å². The lowest BCUT2D eigenvalue weighted by atomic mass is 10.1. The summed E-state index contributed by atoms with van der Waals surface area (Å²) in [6, 6.07) is 20.3. The lowest BCUT2D eigenvalue weighted by Crippen LogP contribution is -1.90. The molecule has 0 amide bonds. The van der Waals surface area contributed by atoms with Gasteiger partial charge in [-0.25, -0.2) is 9.97 Å². The fourth-order valence-corrected chi connectivity index (χ4v) is 4.69. The van der Waals surface area contributed by atoms with E-state index in [0.717, 1.165) is 26.4 Å². The van der Waals surface area contributed by atoms with Crippen LogP contribution in [0.25, 0.3) is 21.3 Å². The Bertz CT molecular complexity index is 1070. The van der Waals surface area contributed by atoms with Gasteiger partial charge in [0.15, 0.2) is 0 Å². The largest absolute Gasteiger partial charge is 0.229 e. The van der Waals surface area contributed by atoms with Crippen LogP contribution in [-0.2, 0) is 5.75 Å². The van der Waals surface area contributed by atoms with Crippen molar-refractivity contribution in [1.29, 1.82) is 5.26 Å². The van der Waals surface area contributed by atoms with Gasteiger partial charge in [0.2, 0.25) is 0 Å². The van der Waals surface area contributed by atoms with E-state index in [4.69, 9.17) is 0 Å². The van der Waals surface area contributed by atoms with E-state index >= 15 is 0 Å². The van der Waals surface area contributed by atoms with Crippen molar-refractivity contribution < 1.29 is 0 Å². The predicted octanol–water partition coefficient (Wildman–Crippen LogP) is 5.52. The fraction of sp³-hybridized carbons (Fsp3) is 0.0500. The molecule has 2 heterocycles. The van der Waals surface area contributed by atoms with Gasteiger partial charge in [0.1, 0.15) is 16.2 Å². The number of hydrogen-bond donors (Lipinski definition) is 0. The van der Waals surface area contributed by atoms with Gasteiger partial charge in [0.05, 0.1) is 17.0 Å². The Kier molecular flexibility index (Phi) is 4.47. The Hall–Kier alpha value is -2.68. The summed E-state index contributed by atoms with van der Waals surface area (Å²) in [6.07, 6.45) is 1.62. The van der Waals surface area contributed by atoms with E-state index in [-0.39, 0.29) is 0 Å². The average molecular weight is 359 g/mol. The topological polar surface area (TPSA) is 49.6 Å². The third-order valence-corrected chi connectivity index (χ3v) is 5.85. The SMILES string of the molecule is N#Cc1ccccc1CSc1ncnc2scc(-c3ccccc3)c12. The molecule has 0 fully saturated rings. The van der Waals surface area contributed by atoms with E-state index < -0.39 is 0 Å². The minimum Gasteiger partial charge on any atom is -0.229 e.